The molecule has 131 heavy (non-hydrogen) atoms. The van der Waals surface area contributed by atoms with E-state index in [9.17, 15) is 10.1 Å². The van der Waals surface area contributed by atoms with Crippen molar-refractivity contribution in [3.63, 3.8) is 0 Å². The molecule has 0 unspecified atom stereocenters. The largest absolute Gasteiger partial charge is 0.354 e. The summed E-state index contributed by atoms with van der Waals surface area (Å²) in [6.07, 6.45) is 0. The van der Waals surface area contributed by atoms with E-state index in [4.69, 9.17) is 0 Å². The zero-order chi connectivity index (χ0) is 87.0. The minimum absolute atomic E-state index is 0.0942. The number of benzene rings is 21. The summed E-state index contributed by atoms with van der Waals surface area (Å²) in [6.45, 7) is 0. The Kier molecular flexibility index (Phi) is 19.9. The molecule has 21 aromatic carbocycles. The second kappa shape index (κ2) is 33.2. The third kappa shape index (κ3) is 14.1. The predicted octanol–water partition coefficient (Wildman–Crippen LogP) is 33.3. The number of fused-ring (bicyclic) bond motifs is 21. The van der Waals surface area contributed by atoms with E-state index in [2.05, 4.69) is 433 Å². The molecule has 0 atom stereocenters. The molecule has 5 aromatic heterocycles. The first-order valence-corrected chi connectivity index (χ1v) is 47.2. The highest BCUT2D eigenvalue weighted by Crippen LogP contribution is 2.52. The minimum Gasteiger partial charge on any atom is -0.354 e. The summed E-state index contributed by atoms with van der Waals surface area (Å²) in [5, 5.41) is 33.7. The normalized spacial score (nSPS) is 11.6. The fourth-order valence-electron chi connectivity index (χ4n) is 19.8. The zero-order valence-electron chi connectivity index (χ0n) is 71.0. The first-order valence-electron chi connectivity index (χ1n) is 44.3. The molecule has 26 rings (SSSR count). The fraction of sp³-hybridized carbons (Fsp3) is 0. The van der Waals surface area contributed by atoms with Crippen molar-refractivity contribution in [1.82, 2.24) is 14.1 Å². The molecule has 26 aromatic rings. The number of nitro groups is 1. The molecule has 0 bridgehead atoms. The molecule has 0 saturated carbocycles. The molecule has 0 aliphatic carbocycles. The molecule has 6 nitrogen and oxygen atoms in total. The van der Waals surface area contributed by atoms with Gasteiger partial charge in [-0.15, -0.1) is 22.7 Å². The molecule has 0 radical (unpaired) electrons. The Morgan fingerprint density at radius 2 is 0.595 bits per heavy atom. The average molecular weight is 1730 g/mol. The highest BCUT2D eigenvalue weighted by molar-refractivity contribution is 7.79. The number of para-hydroxylation sites is 2. The molecule has 616 valence electrons. The Hall–Kier alpha value is -16.2. The van der Waals surface area contributed by atoms with Crippen LogP contribution >= 0.6 is 30.6 Å². The molecule has 0 aliphatic rings. The van der Waals surface area contributed by atoms with Crippen molar-refractivity contribution >= 4 is 180 Å². The SMILES string of the molecule is O=[N+]([O-])c1ccc(-c2ccccc2)cc1-c1cc2c3cc4c5ccccc5n(-c5cc(-c6ccccc6)cc(-c6ccccc6)c5)c4cc3sc2c2ccccc12.c1ccc(-c2cc(-c3ccccc3)cc(-n3c4ccccc4c4cc5c(cc43)sc3c4ccccc4c4c6cc(-c7ccccc7)ccc6[nH]c4c53)c2)cc1.c1ccc(P(c2ccccc2)c2ccccc2)cc1. The first-order chi connectivity index (χ1) is 64.8. The molecule has 0 saturated heterocycles. The summed E-state index contributed by atoms with van der Waals surface area (Å²) in [4.78, 5) is 16.3. The van der Waals surface area contributed by atoms with Crippen LogP contribution in [0.2, 0.25) is 0 Å². The lowest BCUT2D eigenvalue weighted by atomic mass is 9.92. The van der Waals surface area contributed by atoms with Gasteiger partial charge in [-0.1, -0.05) is 364 Å². The quantitative estimate of drug-likeness (QED) is 0.0710. The Labute approximate surface area is 765 Å². The van der Waals surface area contributed by atoms with Crippen molar-refractivity contribution in [1.29, 1.82) is 0 Å². The van der Waals surface area contributed by atoms with Crippen LogP contribution in [-0.2, 0) is 0 Å². The number of thiophene rings is 2. The first kappa shape index (κ1) is 78.3. The van der Waals surface area contributed by atoms with Gasteiger partial charge in [0.15, 0.2) is 0 Å². The van der Waals surface area contributed by atoms with Crippen LogP contribution in [-0.4, -0.2) is 19.0 Å². The lowest BCUT2D eigenvalue weighted by molar-refractivity contribution is -0.384. The predicted molar refractivity (Wildman–Crippen MR) is 562 cm³/mol. The number of nitrogens with zero attached hydrogens (tertiary/aromatic N) is 3. The Morgan fingerprint density at radius 3 is 1.05 bits per heavy atom. The lowest BCUT2D eigenvalue weighted by Gasteiger charge is -2.18. The molecular formula is C122H79N4O2PS2. The van der Waals surface area contributed by atoms with Crippen molar-refractivity contribution in [2.45, 2.75) is 0 Å². The van der Waals surface area contributed by atoms with Gasteiger partial charge in [-0.25, -0.2) is 0 Å². The Balaban J connectivity index is 0.000000121. The van der Waals surface area contributed by atoms with E-state index < -0.39 is 7.92 Å². The smallest absolute Gasteiger partial charge is 0.277 e. The van der Waals surface area contributed by atoms with Gasteiger partial charge in [0, 0.05) is 106 Å². The number of aromatic nitrogens is 3. The maximum absolute atomic E-state index is 12.6. The van der Waals surface area contributed by atoms with Crippen molar-refractivity contribution < 1.29 is 4.92 Å². The topological polar surface area (TPSA) is 68.8 Å². The standard InChI is InChI=1S/C52H32N2O2S.C52H32N2S.C18H15P/c55-54(56)49-25-24-36(33-14-4-1-5-15-33)29-44(49)43-30-47-46-31-45-41-21-12-13-23-48(41)53(50(45)32-51(46)57-52(47)42-22-11-10-20-40(42)43)39-27-37(34-16-6-2-7-17-34)26-38(28-39)35-18-8-3-9-19-35;1-4-14-32(15-5-1)35-24-25-45-43(29-35)49-40-21-10-11-22-41(40)52-50(51(49)53-45)44-30-42-39-20-12-13-23-46(39)54(47(42)31-48(44)55-52)38-27-36(33-16-6-2-7-17-33)26-37(28-38)34-18-8-3-9-19-34;1-4-10-16(11-5-1)19(17-12-6-2-7-13-17)18-14-8-3-9-15-18/h1-32H;1-31,53H;1-15H. The van der Waals surface area contributed by atoms with Crippen LogP contribution in [0.25, 0.3) is 217 Å². The van der Waals surface area contributed by atoms with Gasteiger partial charge in [-0.3, -0.25) is 10.1 Å². The molecule has 0 aliphatic heterocycles. The fourth-order valence-corrected chi connectivity index (χ4v) is 24.6. The highest BCUT2D eigenvalue weighted by Gasteiger charge is 2.27. The van der Waals surface area contributed by atoms with Gasteiger partial charge in [0.1, 0.15) is 0 Å². The van der Waals surface area contributed by atoms with Crippen molar-refractivity contribution in [2.75, 3.05) is 0 Å². The van der Waals surface area contributed by atoms with E-state index in [1.807, 2.05) is 59.9 Å². The molecular weight excluding hydrogens is 1650 g/mol. The van der Waals surface area contributed by atoms with E-state index in [-0.39, 0.29) is 10.6 Å². The summed E-state index contributed by atoms with van der Waals surface area (Å²) in [5.41, 5.74) is 24.8. The molecule has 1 N–H and O–H groups in total. The monoisotopic (exact) mass is 1730 g/mol. The van der Waals surface area contributed by atoms with E-state index >= 15 is 0 Å². The summed E-state index contributed by atoms with van der Waals surface area (Å²) >= 11 is 3.70. The van der Waals surface area contributed by atoms with Gasteiger partial charge in [-0.05, 0) is 210 Å². The molecule has 0 spiro atoms. The number of hydrogen-bond acceptors (Lipinski definition) is 4. The molecule has 0 fully saturated rings. The average Bonchev–Trinajstić information content (AvgIpc) is 1.54. The van der Waals surface area contributed by atoms with Crippen LogP contribution in [0.15, 0.2) is 473 Å². The van der Waals surface area contributed by atoms with Gasteiger partial charge in [-0.2, -0.15) is 0 Å². The minimum atomic E-state index is -0.446. The van der Waals surface area contributed by atoms with Gasteiger partial charge < -0.3 is 14.1 Å². The zero-order valence-corrected chi connectivity index (χ0v) is 73.5. The van der Waals surface area contributed by atoms with Crippen molar-refractivity contribution in [2.24, 2.45) is 0 Å². The maximum atomic E-state index is 12.6. The summed E-state index contributed by atoms with van der Waals surface area (Å²) in [7, 11) is -0.446. The second-order valence-electron chi connectivity index (χ2n) is 33.4. The third-order valence-corrected chi connectivity index (χ3v) is 30.6. The van der Waals surface area contributed by atoms with Crippen LogP contribution in [0.5, 0.6) is 0 Å². The maximum Gasteiger partial charge on any atom is 0.277 e. The summed E-state index contributed by atoms with van der Waals surface area (Å²) in [6, 6.07) is 169. The number of nitro benzene ring substituents is 1. The van der Waals surface area contributed by atoms with Crippen molar-refractivity contribution in [3.05, 3.63) is 483 Å². The molecule has 5 heterocycles. The number of hydrogen-bond donors (Lipinski definition) is 1. The second-order valence-corrected chi connectivity index (χ2v) is 37.8. The number of aromatic amines is 1. The summed E-state index contributed by atoms with van der Waals surface area (Å²) in [5.74, 6) is 0. The Bertz CT molecular complexity index is 8700. The lowest BCUT2D eigenvalue weighted by Crippen LogP contribution is -2.20. The van der Waals surface area contributed by atoms with Crippen LogP contribution in [0.4, 0.5) is 5.69 Å². The number of H-pyrrole nitrogens is 1. The molecule has 9 heteroatoms. The van der Waals surface area contributed by atoms with Gasteiger partial charge in [0.25, 0.3) is 5.69 Å². The van der Waals surface area contributed by atoms with Crippen LogP contribution in [0.3, 0.4) is 0 Å². The van der Waals surface area contributed by atoms with Gasteiger partial charge in [0.2, 0.25) is 0 Å². The van der Waals surface area contributed by atoms with Gasteiger partial charge in [0.05, 0.1) is 38.1 Å². The van der Waals surface area contributed by atoms with E-state index in [0.29, 0.717) is 5.56 Å². The van der Waals surface area contributed by atoms with Crippen LogP contribution < -0.4 is 15.9 Å². The third-order valence-electron chi connectivity index (χ3n) is 25.8. The number of nitrogens with one attached hydrogen (secondary N) is 1. The van der Waals surface area contributed by atoms with E-state index in [0.717, 1.165) is 82.7 Å². The van der Waals surface area contributed by atoms with Crippen LogP contribution in [0, 0.1) is 10.1 Å². The number of rotatable bonds is 13. The van der Waals surface area contributed by atoms with E-state index in [1.165, 1.54) is 144 Å². The van der Waals surface area contributed by atoms with E-state index in [1.54, 1.807) is 17.4 Å². The van der Waals surface area contributed by atoms with Crippen molar-refractivity contribution in [3.8, 4) is 89.3 Å². The van der Waals surface area contributed by atoms with Gasteiger partial charge >= 0.3 is 0 Å². The van der Waals surface area contributed by atoms with Crippen LogP contribution in [0.1, 0.15) is 0 Å². The Morgan fingerprint density at radius 1 is 0.237 bits per heavy atom. The highest BCUT2D eigenvalue weighted by atomic mass is 32.1. The summed E-state index contributed by atoms with van der Waals surface area (Å²) < 4.78 is 9.85. The molecule has 0 amide bonds.